The van der Waals surface area contributed by atoms with Gasteiger partial charge in [-0.25, -0.2) is 9.78 Å². The molecule has 8 nitrogen and oxygen atoms in total. The molecule has 2 amide bonds. The predicted octanol–water partition coefficient (Wildman–Crippen LogP) is 1.72. The van der Waals surface area contributed by atoms with Gasteiger partial charge in [0.1, 0.15) is 5.69 Å². The number of imidazole rings is 1. The maximum atomic E-state index is 12.4. The van der Waals surface area contributed by atoms with Gasteiger partial charge in [-0.15, -0.1) is 0 Å². The van der Waals surface area contributed by atoms with E-state index in [1.807, 2.05) is 22.8 Å². The number of methoxy groups -OCH3 is 1. The van der Waals surface area contributed by atoms with Crippen LogP contribution in [0.4, 0.5) is 4.79 Å². The van der Waals surface area contributed by atoms with Crippen molar-refractivity contribution in [3.8, 4) is 11.5 Å². The van der Waals surface area contributed by atoms with E-state index in [0.29, 0.717) is 26.2 Å². The normalized spacial score (nSPS) is 13.8. The van der Waals surface area contributed by atoms with E-state index in [4.69, 9.17) is 9.84 Å². The van der Waals surface area contributed by atoms with E-state index in [1.54, 1.807) is 7.11 Å². The van der Waals surface area contributed by atoms with Gasteiger partial charge in [-0.1, -0.05) is 6.92 Å². The molecule has 0 atom stereocenters. The minimum atomic E-state index is -0.0596. The van der Waals surface area contributed by atoms with E-state index in [2.05, 4.69) is 28.7 Å². The van der Waals surface area contributed by atoms with Crippen molar-refractivity contribution in [2.24, 2.45) is 7.05 Å². The molecule has 2 aromatic heterocycles. The maximum absolute atomic E-state index is 12.4. The second-order valence-electron chi connectivity index (χ2n) is 6.67. The first-order valence-corrected chi connectivity index (χ1v) is 9.15. The zero-order chi connectivity index (χ0) is 18.7. The Hall–Kier alpha value is -2.35. The van der Waals surface area contributed by atoms with Crippen LogP contribution in [-0.2, 0) is 31.3 Å². The summed E-state index contributed by atoms with van der Waals surface area (Å²) in [6.45, 7) is 7.39. The summed E-state index contributed by atoms with van der Waals surface area (Å²) in [7, 11) is 3.60. The third-order valence-corrected chi connectivity index (χ3v) is 4.83. The number of amides is 2. The molecular weight excluding hydrogens is 332 g/mol. The number of ether oxygens (including phenoxy) is 1. The topological polar surface area (TPSA) is 77.2 Å². The summed E-state index contributed by atoms with van der Waals surface area (Å²) < 4.78 is 9.14. The minimum absolute atomic E-state index is 0.0596. The lowest BCUT2D eigenvalue weighted by Crippen LogP contribution is -2.43. The van der Waals surface area contributed by atoms with E-state index in [1.165, 1.54) is 5.69 Å². The first kappa shape index (κ1) is 18.4. The predicted molar refractivity (Wildman–Crippen MR) is 98.8 cm³/mol. The number of nitrogens with zero attached hydrogens (tertiary/aromatic N) is 5. The third-order valence-electron chi connectivity index (χ3n) is 4.83. The summed E-state index contributed by atoms with van der Waals surface area (Å²) in [5, 5.41) is 7.64. The molecule has 3 heterocycles. The minimum Gasteiger partial charge on any atom is -0.383 e. The Morgan fingerprint density at radius 3 is 2.96 bits per heavy atom. The number of hydrogen-bond donors (Lipinski definition) is 1. The van der Waals surface area contributed by atoms with E-state index >= 15 is 0 Å². The molecular formula is C18H28N6O2. The van der Waals surface area contributed by atoms with Crippen LogP contribution < -0.4 is 5.32 Å². The zero-order valence-corrected chi connectivity index (χ0v) is 16.1. The first-order valence-electron chi connectivity index (χ1n) is 9.15. The van der Waals surface area contributed by atoms with E-state index in [9.17, 15) is 4.79 Å². The summed E-state index contributed by atoms with van der Waals surface area (Å²) >= 11 is 0. The number of aryl methyl sites for hydroxylation is 2. The van der Waals surface area contributed by atoms with Gasteiger partial charge in [-0.05, 0) is 13.3 Å². The molecule has 1 aliphatic rings. The smallest absolute Gasteiger partial charge is 0.317 e. The highest BCUT2D eigenvalue weighted by Gasteiger charge is 2.28. The highest BCUT2D eigenvalue weighted by molar-refractivity contribution is 5.75. The van der Waals surface area contributed by atoms with Gasteiger partial charge in [0.2, 0.25) is 0 Å². The molecule has 0 fully saturated rings. The molecule has 2 aromatic rings. The zero-order valence-electron chi connectivity index (χ0n) is 16.1. The molecule has 26 heavy (non-hydrogen) atoms. The van der Waals surface area contributed by atoms with Crippen LogP contribution in [0.2, 0.25) is 0 Å². The molecule has 0 saturated heterocycles. The van der Waals surface area contributed by atoms with Gasteiger partial charge < -0.3 is 19.5 Å². The number of rotatable bonds is 6. The summed E-state index contributed by atoms with van der Waals surface area (Å²) in [4.78, 5) is 18.9. The van der Waals surface area contributed by atoms with Crippen molar-refractivity contribution in [1.29, 1.82) is 0 Å². The van der Waals surface area contributed by atoms with Gasteiger partial charge in [-0.3, -0.25) is 4.68 Å². The van der Waals surface area contributed by atoms with Crippen molar-refractivity contribution >= 4 is 6.03 Å². The lowest BCUT2D eigenvalue weighted by molar-refractivity contribution is 0.176. The fraction of sp³-hybridized carbons (Fsp3) is 0.611. The number of hydrogen-bond acceptors (Lipinski definition) is 4. The van der Waals surface area contributed by atoms with Gasteiger partial charge in [0.15, 0.2) is 5.82 Å². The van der Waals surface area contributed by atoms with Crippen molar-refractivity contribution in [2.75, 3.05) is 26.8 Å². The van der Waals surface area contributed by atoms with Crippen LogP contribution in [0, 0.1) is 6.92 Å². The largest absolute Gasteiger partial charge is 0.383 e. The molecule has 0 aliphatic carbocycles. The molecule has 0 bridgehead atoms. The van der Waals surface area contributed by atoms with Crippen LogP contribution in [0.15, 0.2) is 6.20 Å². The Kier molecular flexibility index (Phi) is 5.61. The number of carbonyl (C=O) groups is 1. The number of nitrogens with one attached hydrogen (secondary N) is 1. The molecule has 1 aliphatic heterocycles. The fourth-order valence-corrected chi connectivity index (χ4v) is 3.47. The highest BCUT2D eigenvalue weighted by Crippen LogP contribution is 2.29. The Bertz CT molecular complexity index is 779. The maximum Gasteiger partial charge on any atom is 0.317 e. The highest BCUT2D eigenvalue weighted by atomic mass is 16.5. The molecule has 142 valence electrons. The van der Waals surface area contributed by atoms with Gasteiger partial charge in [0.05, 0.1) is 13.2 Å². The van der Waals surface area contributed by atoms with Crippen LogP contribution in [0.25, 0.3) is 11.5 Å². The van der Waals surface area contributed by atoms with Crippen LogP contribution in [-0.4, -0.2) is 57.1 Å². The Morgan fingerprint density at radius 1 is 1.42 bits per heavy atom. The lowest BCUT2D eigenvalue weighted by Gasteiger charge is -2.27. The van der Waals surface area contributed by atoms with E-state index in [0.717, 1.165) is 42.2 Å². The van der Waals surface area contributed by atoms with Crippen LogP contribution >= 0.6 is 0 Å². The number of urea groups is 1. The fourth-order valence-electron chi connectivity index (χ4n) is 3.47. The quantitative estimate of drug-likeness (QED) is 0.796. The second kappa shape index (κ2) is 7.90. The van der Waals surface area contributed by atoms with Crippen molar-refractivity contribution in [3.63, 3.8) is 0 Å². The van der Waals surface area contributed by atoms with Crippen LogP contribution in [0.3, 0.4) is 0 Å². The first-order chi connectivity index (χ1) is 12.6. The van der Waals surface area contributed by atoms with E-state index < -0.39 is 0 Å². The number of carbonyl (C=O) groups excluding carboxylic acids is 1. The summed E-state index contributed by atoms with van der Waals surface area (Å²) in [6.07, 6.45) is 3.72. The molecule has 0 spiro atoms. The third kappa shape index (κ3) is 3.46. The molecule has 3 rings (SSSR count). The lowest BCUT2D eigenvalue weighted by atomic mass is 10.0. The van der Waals surface area contributed by atoms with Crippen molar-refractivity contribution < 1.29 is 9.53 Å². The van der Waals surface area contributed by atoms with E-state index in [-0.39, 0.29) is 6.03 Å². The molecule has 0 unspecified atom stereocenters. The Labute approximate surface area is 154 Å². The number of fused-ring (bicyclic) bond motifs is 1. The van der Waals surface area contributed by atoms with Crippen molar-refractivity contribution in [2.45, 2.75) is 39.8 Å². The number of aromatic nitrogens is 4. The molecule has 8 heteroatoms. The van der Waals surface area contributed by atoms with Gasteiger partial charge >= 0.3 is 6.03 Å². The van der Waals surface area contributed by atoms with Gasteiger partial charge in [-0.2, -0.15) is 5.10 Å². The van der Waals surface area contributed by atoms with Gasteiger partial charge in [0, 0.05) is 63.4 Å². The average molecular weight is 360 g/mol. The van der Waals surface area contributed by atoms with Gasteiger partial charge in [0.25, 0.3) is 0 Å². The van der Waals surface area contributed by atoms with Crippen LogP contribution in [0.1, 0.15) is 30.3 Å². The SMILES string of the molecule is CCCn1c(C)cnc1-c1nn(C)c2c1CN(C(=O)NCCOC)CC2. The Balaban J connectivity index is 1.87. The van der Waals surface area contributed by atoms with Crippen molar-refractivity contribution in [1.82, 2.24) is 29.5 Å². The van der Waals surface area contributed by atoms with Crippen molar-refractivity contribution in [3.05, 3.63) is 23.1 Å². The Morgan fingerprint density at radius 2 is 2.23 bits per heavy atom. The monoisotopic (exact) mass is 360 g/mol. The van der Waals surface area contributed by atoms with Crippen LogP contribution in [0.5, 0.6) is 0 Å². The molecule has 0 saturated carbocycles. The summed E-state index contributed by atoms with van der Waals surface area (Å²) in [5.74, 6) is 0.892. The summed E-state index contributed by atoms with van der Waals surface area (Å²) in [6, 6.07) is -0.0596. The molecule has 0 aromatic carbocycles. The average Bonchev–Trinajstić information content (AvgIpc) is 3.15. The molecule has 1 N–H and O–H groups in total. The second-order valence-corrected chi connectivity index (χ2v) is 6.67. The molecule has 0 radical (unpaired) electrons. The summed E-state index contributed by atoms with van der Waals surface area (Å²) in [5.41, 5.74) is 4.30. The standard InChI is InChI=1S/C18H28N6O2/c1-5-8-24-13(2)11-20-17(24)16-14-12-23(18(25)19-7-10-26-4)9-6-15(14)22(3)21-16/h11H,5-10,12H2,1-4H3,(H,19,25).